The van der Waals surface area contributed by atoms with E-state index < -0.39 is 4.92 Å². The second-order valence-corrected chi connectivity index (χ2v) is 6.72. The number of ether oxygens (including phenoxy) is 1. The number of benzene rings is 1. The van der Waals surface area contributed by atoms with Crippen LogP contribution in [0.1, 0.15) is 28.9 Å². The van der Waals surface area contributed by atoms with Crippen LogP contribution in [0.5, 0.6) is 0 Å². The van der Waals surface area contributed by atoms with Gasteiger partial charge >= 0.3 is 0 Å². The quantitative estimate of drug-likeness (QED) is 0.668. The van der Waals surface area contributed by atoms with Gasteiger partial charge in [-0.15, -0.1) is 0 Å². The van der Waals surface area contributed by atoms with Gasteiger partial charge in [0, 0.05) is 31.8 Å². The van der Waals surface area contributed by atoms with Crippen LogP contribution in [-0.4, -0.2) is 37.1 Å². The highest BCUT2D eigenvalue weighted by Crippen LogP contribution is 2.35. The highest BCUT2D eigenvalue weighted by molar-refractivity contribution is 7.07. The third kappa shape index (κ3) is 3.64. The van der Waals surface area contributed by atoms with Gasteiger partial charge in [0.25, 0.3) is 11.6 Å². The molecule has 0 bridgehead atoms. The van der Waals surface area contributed by atoms with Crippen LogP contribution in [0.3, 0.4) is 0 Å². The summed E-state index contributed by atoms with van der Waals surface area (Å²) in [5, 5.41) is 18.0. The van der Waals surface area contributed by atoms with Crippen molar-refractivity contribution >= 4 is 28.6 Å². The Morgan fingerprint density at radius 2 is 2.20 bits per heavy atom. The van der Waals surface area contributed by atoms with Crippen molar-refractivity contribution in [2.24, 2.45) is 0 Å². The van der Waals surface area contributed by atoms with Crippen LogP contribution in [0.25, 0.3) is 0 Å². The number of hydrogen-bond acceptors (Lipinski definition) is 6. The van der Waals surface area contributed by atoms with Crippen LogP contribution in [0.2, 0.25) is 0 Å². The molecule has 3 rings (SSSR count). The van der Waals surface area contributed by atoms with E-state index in [-0.39, 0.29) is 29.4 Å². The molecule has 1 N–H and O–H groups in total. The maximum absolute atomic E-state index is 11.8. The Hall–Kier alpha value is -2.45. The average molecular weight is 361 g/mol. The number of nitrogens with zero attached hydrogens (tertiary/aromatic N) is 2. The Morgan fingerprint density at radius 1 is 1.40 bits per heavy atom. The highest BCUT2D eigenvalue weighted by Gasteiger charge is 2.30. The van der Waals surface area contributed by atoms with Crippen molar-refractivity contribution in [3.63, 3.8) is 0 Å². The Labute approximate surface area is 149 Å². The minimum Gasteiger partial charge on any atom is -0.367 e. The van der Waals surface area contributed by atoms with Crippen molar-refractivity contribution in [3.8, 4) is 0 Å². The lowest BCUT2D eigenvalue weighted by atomic mass is 10.1. The molecule has 0 saturated carbocycles. The topological polar surface area (TPSA) is 84.7 Å². The number of amides is 1. The number of rotatable bonds is 4. The van der Waals surface area contributed by atoms with Crippen LogP contribution < -0.4 is 10.2 Å². The first-order valence-electron chi connectivity index (χ1n) is 7.92. The van der Waals surface area contributed by atoms with E-state index in [0.717, 1.165) is 5.56 Å². The fourth-order valence-electron chi connectivity index (χ4n) is 3.01. The van der Waals surface area contributed by atoms with Gasteiger partial charge in [-0.3, -0.25) is 14.9 Å². The third-order valence-electron chi connectivity index (χ3n) is 4.18. The molecule has 1 aliphatic rings. The molecule has 2 unspecified atom stereocenters. The lowest BCUT2D eigenvalue weighted by molar-refractivity contribution is -0.384. The molecule has 0 spiro atoms. The normalized spacial score (nSPS) is 20.3. The number of morpholine rings is 1. The largest absolute Gasteiger partial charge is 0.367 e. The number of nitrogens with one attached hydrogen (secondary N) is 1. The summed E-state index contributed by atoms with van der Waals surface area (Å²) in [6, 6.07) is 6.59. The van der Waals surface area contributed by atoms with E-state index in [2.05, 4.69) is 5.32 Å². The average Bonchev–Trinajstić information content (AvgIpc) is 3.14. The summed E-state index contributed by atoms with van der Waals surface area (Å²) in [5.74, 6) is -0.346. The van der Waals surface area contributed by atoms with Crippen LogP contribution in [-0.2, 0) is 4.74 Å². The van der Waals surface area contributed by atoms with E-state index in [9.17, 15) is 14.9 Å². The van der Waals surface area contributed by atoms with Gasteiger partial charge in [-0.2, -0.15) is 11.3 Å². The number of carbonyl (C=O) groups excluding carboxylic acids is 1. The molecule has 2 heterocycles. The zero-order valence-corrected chi connectivity index (χ0v) is 14.8. The van der Waals surface area contributed by atoms with E-state index in [0.29, 0.717) is 18.8 Å². The molecule has 132 valence electrons. The minimum absolute atomic E-state index is 0.0585. The van der Waals surface area contributed by atoms with E-state index in [4.69, 9.17) is 4.74 Å². The Balaban J connectivity index is 1.94. The van der Waals surface area contributed by atoms with Gasteiger partial charge in [-0.1, -0.05) is 0 Å². The minimum atomic E-state index is -0.443. The molecule has 25 heavy (non-hydrogen) atoms. The Bertz CT molecular complexity index is 778. The summed E-state index contributed by atoms with van der Waals surface area (Å²) in [4.78, 5) is 24.8. The molecule has 7 nitrogen and oxygen atoms in total. The molecule has 1 fully saturated rings. The Kier molecular flexibility index (Phi) is 5.00. The van der Waals surface area contributed by atoms with Crippen molar-refractivity contribution in [2.45, 2.75) is 19.1 Å². The summed E-state index contributed by atoms with van der Waals surface area (Å²) in [5.41, 5.74) is 1.78. The SMILES string of the molecule is CNC(=O)c1ccc(N2CC(C)OC(c3ccsc3)C2)c([N+](=O)[O-])c1. The lowest BCUT2D eigenvalue weighted by Gasteiger charge is -2.37. The van der Waals surface area contributed by atoms with Crippen LogP contribution in [0, 0.1) is 10.1 Å². The number of nitro groups is 1. The second kappa shape index (κ2) is 7.20. The fourth-order valence-corrected chi connectivity index (χ4v) is 3.71. The van der Waals surface area contributed by atoms with E-state index >= 15 is 0 Å². The molecule has 2 atom stereocenters. The maximum atomic E-state index is 11.8. The predicted octanol–water partition coefficient (Wildman–Crippen LogP) is 2.98. The highest BCUT2D eigenvalue weighted by atomic mass is 32.1. The summed E-state index contributed by atoms with van der Waals surface area (Å²) in [6.07, 6.45) is -0.190. The summed E-state index contributed by atoms with van der Waals surface area (Å²) in [6.45, 7) is 3.04. The first kappa shape index (κ1) is 17.4. The van der Waals surface area contributed by atoms with Gasteiger partial charge in [0.1, 0.15) is 11.8 Å². The van der Waals surface area contributed by atoms with Crippen molar-refractivity contribution in [1.29, 1.82) is 0 Å². The number of hydrogen-bond donors (Lipinski definition) is 1. The van der Waals surface area contributed by atoms with Gasteiger partial charge in [0.05, 0.1) is 11.0 Å². The smallest absolute Gasteiger partial charge is 0.293 e. The van der Waals surface area contributed by atoms with Crippen LogP contribution >= 0.6 is 11.3 Å². The van der Waals surface area contributed by atoms with Crippen molar-refractivity contribution in [1.82, 2.24) is 5.32 Å². The summed E-state index contributed by atoms with van der Waals surface area (Å²) >= 11 is 1.60. The molecule has 0 radical (unpaired) electrons. The molecule has 2 aromatic rings. The number of carbonyl (C=O) groups is 1. The number of nitro benzene ring substituents is 1. The molecule has 1 aromatic carbocycles. The summed E-state index contributed by atoms with van der Waals surface area (Å²) in [7, 11) is 1.50. The van der Waals surface area contributed by atoms with Crippen molar-refractivity contribution in [2.75, 3.05) is 25.0 Å². The monoisotopic (exact) mass is 361 g/mol. The molecule has 1 aromatic heterocycles. The van der Waals surface area contributed by atoms with Crippen molar-refractivity contribution < 1.29 is 14.5 Å². The lowest BCUT2D eigenvalue weighted by Crippen LogP contribution is -2.43. The van der Waals surface area contributed by atoms with Gasteiger partial charge in [0.2, 0.25) is 0 Å². The number of anilines is 1. The second-order valence-electron chi connectivity index (χ2n) is 5.94. The predicted molar refractivity (Wildman–Crippen MR) is 96.3 cm³/mol. The first-order chi connectivity index (χ1) is 12.0. The molecule has 1 amide bonds. The number of thiophene rings is 1. The molecule has 1 saturated heterocycles. The Morgan fingerprint density at radius 3 is 2.84 bits per heavy atom. The van der Waals surface area contributed by atoms with Crippen molar-refractivity contribution in [3.05, 3.63) is 56.3 Å². The fraction of sp³-hybridized carbons (Fsp3) is 0.353. The standard InChI is InChI=1S/C17H19N3O4S/c1-11-8-19(9-16(24-11)13-5-6-25-10-13)14-4-3-12(17(21)18-2)7-15(14)20(22)23/h3-7,10-11,16H,8-9H2,1-2H3,(H,18,21). The molecule has 1 aliphatic heterocycles. The van der Waals surface area contributed by atoms with Crippen LogP contribution in [0.4, 0.5) is 11.4 Å². The van der Waals surface area contributed by atoms with E-state index in [1.165, 1.54) is 13.1 Å². The van der Waals surface area contributed by atoms with Gasteiger partial charge in [0.15, 0.2) is 0 Å². The molecular formula is C17H19N3O4S. The van der Waals surface area contributed by atoms with Crippen LogP contribution in [0.15, 0.2) is 35.0 Å². The molecule has 8 heteroatoms. The first-order valence-corrected chi connectivity index (χ1v) is 8.87. The van der Waals surface area contributed by atoms with Gasteiger partial charge in [-0.05, 0) is 41.4 Å². The van der Waals surface area contributed by atoms with E-state index in [1.54, 1.807) is 23.5 Å². The third-order valence-corrected chi connectivity index (χ3v) is 4.88. The maximum Gasteiger partial charge on any atom is 0.293 e. The zero-order valence-electron chi connectivity index (χ0n) is 14.0. The van der Waals surface area contributed by atoms with Gasteiger partial charge < -0.3 is 15.0 Å². The molecule has 0 aliphatic carbocycles. The summed E-state index contributed by atoms with van der Waals surface area (Å²) < 4.78 is 5.99. The molecular weight excluding hydrogens is 342 g/mol. The van der Waals surface area contributed by atoms with E-state index in [1.807, 2.05) is 28.7 Å². The zero-order chi connectivity index (χ0) is 18.0. The van der Waals surface area contributed by atoms with Gasteiger partial charge in [-0.25, -0.2) is 0 Å².